The number of fused-ring (bicyclic) bond motifs is 4. The molecule has 4 amide bonds. The summed E-state index contributed by atoms with van der Waals surface area (Å²) in [5.41, 5.74) is 16.9. The van der Waals surface area contributed by atoms with E-state index in [4.69, 9.17) is 58.5 Å². The van der Waals surface area contributed by atoms with Crippen molar-refractivity contribution in [3.05, 3.63) is 264 Å². The Morgan fingerprint density at radius 3 is 1.25 bits per heavy atom. The van der Waals surface area contributed by atoms with Gasteiger partial charge in [0.15, 0.2) is 28.8 Å². The molecule has 4 unspecified atom stereocenters. The van der Waals surface area contributed by atoms with Gasteiger partial charge in [-0.3, -0.25) is 68.9 Å². The third-order valence-corrected chi connectivity index (χ3v) is 19.6. The number of carboxylic acids is 2. The van der Waals surface area contributed by atoms with E-state index < -0.39 is 93.9 Å². The van der Waals surface area contributed by atoms with E-state index in [9.17, 15) is 79.9 Å². The molecule has 0 saturated carbocycles. The van der Waals surface area contributed by atoms with Crippen LogP contribution in [0.15, 0.2) is 146 Å². The van der Waals surface area contributed by atoms with E-state index in [0.717, 1.165) is 59.0 Å². The number of Topliss-reactive ketones (excluding diaryl/α,β-unsaturated/α-hetero) is 4. The SMILES string of the molecule is CCOC(=O)CC1CCc2cc(N)ccc2C1=O.COC(=O)CC1CCc2cc(NC(=O)c3ccc(C(=N)NC(=O)OC(C)(C)C)cc3F)ccc2C1=O.N#Cc1ccc(C(=O)O)c(F)c1.N=C(N)c1ccc(C(=O)Nc2ccc3c(c2)CCC(CC(=O)O)C3=O)c(F)c1.[C-]#[N+]c1ccc(C(=O)Nc2ccc3c(c2)CCC(CC(=O)OCC)C3=O)c(F)c1. The fraction of sp³-hybridized carbons (Fsp3) is 0.278. The number of amidine groups is 2. The van der Waals surface area contributed by atoms with Crippen molar-refractivity contribution in [1.29, 1.82) is 16.1 Å². The number of aliphatic carboxylic acids is 1. The molecule has 8 aromatic rings. The van der Waals surface area contributed by atoms with E-state index in [0.29, 0.717) is 96.6 Å². The van der Waals surface area contributed by atoms with E-state index >= 15 is 0 Å². The van der Waals surface area contributed by atoms with Crippen LogP contribution in [0, 0.1) is 75.7 Å². The van der Waals surface area contributed by atoms with E-state index in [1.54, 1.807) is 101 Å². The molecule has 4 aliphatic carbocycles. The first-order valence-corrected chi connectivity index (χ1v) is 38.4. The van der Waals surface area contributed by atoms with Gasteiger partial charge >= 0.3 is 35.9 Å². The molecule has 4 atom stereocenters. The van der Waals surface area contributed by atoms with E-state index in [-0.39, 0.29) is 124 Å². The number of nitrogen functional groups attached to an aromatic ring is 2. The number of nitrogens with zero attached hydrogens (tertiary/aromatic N) is 2. The molecule has 638 valence electrons. The molecular weight excluding hydrogens is 1600 g/mol. The highest BCUT2D eigenvalue weighted by Gasteiger charge is 2.35. The number of methoxy groups -OCH3 is 1. The number of benzene rings is 8. The first kappa shape index (κ1) is 93.6. The molecule has 12 N–H and O–H groups in total. The van der Waals surface area contributed by atoms with Gasteiger partial charge in [-0.25, -0.2) is 32.0 Å². The van der Waals surface area contributed by atoms with Crippen molar-refractivity contribution < 1.29 is 109 Å². The Morgan fingerprint density at radius 2 is 0.886 bits per heavy atom. The summed E-state index contributed by atoms with van der Waals surface area (Å²) in [5, 5.41) is 50.9. The second-order valence-electron chi connectivity index (χ2n) is 29.4. The molecule has 0 radical (unpaired) electrons. The number of halogens is 4. The van der Waals surface area contributed by atoms with Crippen LogP contribution in [-0.2, 0) is 63.8 Å². The van der Waals surface area contributed by atoms with Crippen LogP contribution in [0.25, 0.3) is 4.85 Å². The number of amides is 4. The second-order valence-corrected chi connectivity index (χ2v) is 29.4. The van der Waals surface area contributed by atoms with Crippen LogP contribution in [-0.4, -0.2) is 125 Å². The number of nitrogens with one attached hydrogen (secondary N) is 6. The Labute approximate surface area is 702 Å². The number of alkyl carbamates (subject to hydrolysis) is 1. The van der Waals surface area contributed by atoms with Crippen LogP contribution in [0.1, 0.15) is 208 Å². The van der Waals surface area contributed by atoms with E-state index in [1.807, 2.05) is 6.07 Å². The van der Waals surface area contributed by atoms with Gasteiger partial charge in [-0.15, -0.1) is 0 Å². The Balaban J connectivity index is 0.000000198. The normalized spacial score (nSPS) is 15.1. The van der Waals surface area contributed by atoms with E-state index in [1.165, 1.54) is 55.6 Å². The summed E-state index contributed by atoms with van der Waals surface area (Å²) in [5.74, 6) is -11.6. The standard InChI is InChI=1S/C26H28FN3O6.C22H19FN2O4.C20H18FN3O4.C14H17NO3.C8H4FNO2/c1-26(2,3)36-25(34)30-23(28)16-7-9-19(20(27)12-16)24(33)29-17-8-10-18-14(11-17)5-6-15(22(18)32)13-21(31)35-4;1-3-29-20(26)11-14-5-4-13-10-16(7-8-17(13)21(14)27)25-22(28)18-9-6-15(24-2)12-19(18)23;21-16-8-12(19(22)23)3-5-15(16)20(28)24-13-4-6-14-10(7-13)1-2-11(18(14)27)9-17(25)26;1-2-18-13(16)8-10-4-3-9-7-11(15)5-6-12(9)14(10)17;9-7-3-5(4-10)1-2-6(7)8(11)12/h7-12,15H,5-6,13H2,1-4H3,(H,29,33)(H2,28,30,34);6-10,12,14H,3-5,11H2,1H3,(H,25,28);3-8,11H,1-2,9H2,(H3,22,23)(H,24,28)(H,25,26);5-7,10H,2-4,8,15H2,1H3;1-3H,(H,11,12). The number of nitrogens with two attached hydrogens (primary N) is 2. The fourth-order valence-electron chi connectivity index (χ4n) is 13.6. The summed E-state index contributed by atoms with van der Waals surface area (Å²) >= 11 is 0. The number of ketones is 4. The lowest BCUT2D eigenvalue weighted by atomic mass is 9.81. The van der Waals surface area contributed by atoms with Crippen molar-refractivity contribution in [2.45, 2.75) is 117 Å². The number of carbonyl (C=O) groups is 13. The first-order chi connectivity index (χ1) is 58.3. The number of anilines is 4. The summed E-state index contributed by atoms with van der Waals surface area (Å²) in [6, 6.07) is 35.5. The maximum atomic E-state index is 14.7. The van der Waals surface area contributed by atoms with Crippen molar-refractivity contribution in [1.82, 2.24) is 5.32 Å². The highest BCUT2D eigenvalue weighted by atomic mass is 19.1. The first-order valence-electron chi connectivity index (χ1n) is 38.4. The predicted molar refractivity (Wildman–Crippen MR) is 441 cm³/mol. The molecule has 123 heavy (non-hydrogen) atoms. The van der Waals surface area contributed by atoms with Crippen LogP contribution in [0.4, 0.5) is 50.8 Å². The molecule has 0 aromatic heterocycles. The number of hydrogen-bond donors (Lipinski definition) is 10. The average molecular weight is 1690 g/mol. The molecule has 0 saturated heterocycles. The smallest absolute Gasteiger partial charge is 0.413 e. The maximum absolute atomic E-state index is 14.7. The van der Waals surface area contributed by atoms with Gasteiger partial charge < -0.3 is 56.6 Å². The van der Waals surface area contributed by atoms with Gasteiger partial charge in [-0.2, -0.15) is 5.26 Å². The topological polar surface area (TPSA) is 475 Å². The van der Waals surface area contributed by atoms with Gasteiger partial charge in [0.25, 0.3) is 17.7 Å². The highest BCUT2D eigenvalue weighted by Crippen LogP contribution is 2.35. The van der Waals surface area contributed by atoms with Crippen LogP contribution >= 0.6 is 0 Å². The minimum atomic E-state index is -1.34. The van der Waals surface area contributed by atoms with Crippen molar-refractivity contribution in [2.24, 2.45) is 29.4 Å². The zero-order valence-electron chi connectivity index (χ0n) is 67.5. The number of nitriles is 1. The third kappa shape index (κ3) is 25.8. The summed E-state index contributed by atoms with van der Waals surface area (Å²) in [7, 11) is 1.28. The Kier molecular flexibility index (Phi) is 32.5. The second kappa shape index (κ2) is 42.7. The maximum Gasteiger partial charge on any atom is 0.413 e. The Hall–Kier alpha value is -14.9. The highest BCUT2D eigenvalue weighted by molar-refractivity contribution is 6.10. The molecule has 0 heterocycles. The lowest BCUT2D eigenvalue weighted by molar-refractivity contribution is -0.144. The van der Waals surface area contributed by atoms with Crippen molar-refractivity contribution in [2.75, 3.05) is 42.0 Å². The number of ether oxygens (including phenoxy) is 4. The molecule has 29 nitrogen and oxygen atoms in total. The number of aromatic carboxylic acids is 1. The quantitative estimate of drug-likeness (QED) is 0.00683. The van der Waals surface area contributed by atoms with Gasteiger partial charge in [0.1, 0.15) is 40.5 Å². The molecule has 0 spiro atoms. The fourth-order valence-corrected chi connectivity index (χ4v) is 13.6. The van der Waals surface area contributed by atoms with Crippen LogP contribution in [0.5, 0.6) is 0 Å². The third-order valence-electron chi connectivity index (χ3n) is 19.6. The summed E-state index contributed by atoms with van der Waals surface area (Å²) in [4.78, 5) is 158. The largest absolute Gasteiger partial charge is 0.481 e. The van der Waals surface area contributed by atoms with Crippen molar-refractivity contribution >= 4 is 117 Å². The Morgan fingerprint density at radius 1 is 0.512 bits per heavy atom. The number of carboxylic acid groups (broad SMARTS) is 2. The molecule has 0 fully saturated rings. The van der Waals surface area contributed by atoms with Gasteiger partial charge in [0.05, 0.1) is 86.5 Å². The molecule has 4 aliphatic rings. The molecule has 12 rings (SSSR count). The van der Waals surface area contributed by atoms with Gasteiger partial charge in [-0.1, -0.05) is 24.3 Å². The number of esters is 3. The van der Waals surface area contributed by atoms with Crippen LogP contribution in [0.3, 0.4) is 0 Å². The van der Waals surface area contributed by atoms with Crippen molar-refractivity contribution in [3.8, 4) is 6.07 Å². The Bertz CT molecular complexity index is 5630. The van der Waals surface area contributed by atoms with Crippen molar-refractivity contribution in [3.63, 3.8) is 0 Å². The molecule has 8 aromatic carbocycles. The summed E-state index contributed by atoms with van der Waals surface area (Å²) in [6.07, 6.45) is 3.76. The predicted octanol–water partition coefficient (Wildman–Crippen LogP) is 14.5. The average Bonchev–Trinajstić information content (AvgIpc) is 0.785. The molecule has 0 bridgehead atoms. The van der Waals surface area contributed by atoms with Gasteiger partial charge in [-0.05, 0) is 230 Å². The zero-order chi connectivity index (χ0) is 90.3. The monoisotopic (exact) mass is 1690 g/mol. The number of hydrogen-bond acceptors (Lipinski definition) is 21. The minimum absolute atomic E-state index is 0.0211. The summed E-state index contributed by atoms with van der Waals surface area (Å²) in [6.45, 7) is 16.0. The van der Waals surface area contributed by atoms with Crippen LogP contribution < -0.4 is 32.7 Å². The molecule has 33 heteroatoms. The number of aryl methyl sites for hydroxylation is 4. The number of rotatable bonds is 19. The summed E-state index contributed by atoms with van der Waals surface area (Å²) < 4.78 is 75.1. The molecule has 0 aliphatic heterocycles. The lowest BCUT2D eigenvalue weighted by Crippen LogP contribution is -2.36. The van der Waals surface area contributed by atoms with Gasteiger partial charge in [0.2, 0.25) is 0 Å². The van der Waals surface area contributed by atoms with Crippen LogP contribution in [0.2, 0.25) is 0 Å². The number of carbonyl (C=O) groups excluding carboxylic acids is 11. The molecular formula is C90H86F4N10O19. The van der Waals surface area contributed by atoms with E-state index in [2.05, 4.69) is 30.8 Å². The van der Waals surface area contributed by atoms with Gasteiger partial charge in [0, 0.05) is 79.8 Å². The lowest BCUT2D eigenvalue weighted by Gasteiger charge is -2.23. The zero-order valence-corrected chi connectivity index (χ0v) is 67.5. The minimum Gasteiger partial charge on any atom is -0.481 e.